The molecule has 24 heavy (non-hydrogen) atoms. The normalized spacial score (nSPS) is 15.7. The zero-order chi connectivity index (χ0) is 17.1. The van der Waals surface area contributed by atoms with Gasteiger partial charge in [0.1, 0.15) is 0 Å². The van der Waals surface area contributed by atoms with Gasteiger partial charge in [0.2, 0.25) is 0 Å². The van der Waals surface area contributed by atoms with E-state index in [4.69, 9.17) is 0 Å². The Hall–Kier alpha value is -0.920. The molecule has 0 unspecified atom stereocenters. The third-order valence-corrected chi connectivity index (χ3v) is 7.59. The lowest BCUT2D eigenvalue weighted by molar-refractivity contribution is 0.102. The fourth-order valence-corrected chi connectivity index (χ4v) is 6.20. The van der Waals surface area contributed by atoms with E-state index in [9.17, 15) is 4.79 Å². The van der Waals surface area contributed by atoms with Gasteiger partial charge in [0.25, 0.3) is 5.91 Å². The van der Waals surface area contributed by atoms with Gasteiger partial charge >= 0.3 is 0 Å². The Labute approximate surface area is 159 Å². The van der Waals surface area contributed by atoms with Crippen LogP contribution >= 0.6 is 39.5 Å². The van der Waals surface area contributed by atoms with Crippen LogP contribution in [0.15, 0.2) is 28.7 Å². The van der Waals surface area contributed by atoms with E-state index in [1.165, 1.54) is 23.5 Å². The quantitative estimate of drug-likeness (QED) is 0.686. The molecule has 4 nitrogen and oxygen atoms in total. The predicted molar refractivity (Wildman–Crippen MR) is 107 cm³/mol. The molecule has 2 aromatic rings. The molecule has 1 fully saturated rings. The summed E-state index contributed by atoms with van der Waals surface area (Å²) in [7, 11) is 0. The van der Waals surface area contributed by atoms with Crippen LogP contribution in [0.25, 0.3) is 0 Å². The Morgan fingerprint density at radius 1 is 1.38 bits per heavy atom. The van der Waals surface area contributed by atoms with Crippen molar-refractivity contribution in [2.75, 3.05) is 16.8 Å². The highest BCUT2D eigenvalue weighted by molar-refractivity contribution is 9.10. The molecule has 0 bridgehead atoms. The number of H-pyrrole nitrogens is 1. The number of halogens is 1. The Morgan fingerprint density at radius 2 is 2.12 bits per heavy atom. The summed E-state index contributed by atoms with van der Waals surface area (Å²) in [6.45, 7) is 4.12. The van der Waals surface area contributed by atoms with E-state index >= 15 is 0 Å². The maximum atomic E-state index is 12.5. The van der Waals surface area contributed by atoms with Crippen LogP contribution in [0.2, 0.25) is 0 Å². The molecule has 1 amide bonds. The number of anilines is 1. The summed E-state index contributed by atoms with van der Waals surface area (Å²) in [6.07, 6.45) is 1.27. The number of aromatic amines is 1. The van der Waals surface area contributed by atoms with Gasteiger partial charge in [0.05, 0.1) is 14.7 Å². The third-order valence-electron chi connectivity index (χ3n) is 3.77. The lowest BCUT2D eigenvalue weighted by Gasteiger charge is -2.21. The van der Waals surface area contributed by atoms with Gasteiger partial charge in [0, 0.05) is 5.69 Å². The molecule has 1 aromatic heterocycles. The van der Waals surface area contributed by atoms with Crippen molar-refractivity contribution in [3.05, 3.63) is 45.7 Å². The molecule has 128 valence electrons. The molecule has 1 saturated heterocycles. The summed E-state index contributed by atoms with van der Waals surface area (Å²) < 4.78 is 1.20. The maximum absolute atomic E-state index is 12.5. The van der Waals surface area contributed by atoms with Gasteiger partial charge in [-0.25, -0.2) is 0 Å². The van der Waals surface area contributed by atoms with Crippen molar-refractivity contribution in [3.8, 4) is 0 Å². The second-order valence-electron chi connectivity index (χ2n) is 5.96. The summed E-state index contributed by atoms with van der Waals surface area (Å²) >= 11 is 7.43. The molecule has 0 spiro atoms. The van der Waals surface area contributed by atoms with Gasteiger partial charge in [0.15, 0.2) is 5.69 Å². The van der Waals surface area contributed by atoms with Crippen molar-refractivity contribution in [2.45, 2.75) is 30.8 Å². The Morgan fingerprint density at radius 3 is 2.79 bits per heavy atom. The highest BCUT2D eigenvalue weighted by atomic mass is 79.9. The van der Waals surface area contributed by atoms with Gasteiger partial charge in [-0.2, -0.15) is 5.10 Å². The molecule has 2 heterocycles. The number of hydrogen-bond donors (Lipinski definition) is 2. The number of nitrogens with zero attached hydrogens (tertiary/aromatic N) is 1. The zero-order valence-corrected chi connectivity index (χ0v) is 16.9. The van der Waals surface area contributed by atoms with Gasteiger partial charge in [-0.05, 0) is 57.5 Å². The van der Waals surface area contributed by atoms with Crippen LogP contribution in [0.4, 0.5) is 5.69 Å². The number of amides is 1. The van der Waals surface area contributed by atoms with Crippen LogP contribution in [-0.2, 0) is 0 Å². The zero-order valence-electron chi connectivity index (χ0n) is 13.6. The van der Waals surface area contributed by atoms with E-state index in [0.29, 0.717) is 10.3 Å². The van der Waals surface area contributed by atoms with Crippen LogP contribution in [0, 0.1) is 0 Å². The topological polar surface area (TPSA) is 57.8 Å². The number of rotatable bonds is 4. The first-order chi connectivity index (χ1) is 11.6. The molecule has 0 atom stereocenters. The van der Waals surface area contributed by atoms with Crippen LogP contribution in [0.5, 0.6) is 0 Å². The molecule has 3 rings (SSSR count). The Kier molecular flexibility index (Phi) is 5.94. The van der Waals surface area contributed by atoms with Crippen LogP contribution in [0.3, 0.4) is 0 Å². The van der Waals surface area contributed by atoms with E-state index in [1.54, 1.807) is 0 Å². The van der Waals surface area contributed by atoms with E-state index in [2.05, 4.69) is 57.4 Å². The van der Waals surface area contributed by atoms with E-state index in [0.717, 1.165) is 15.9 Å². The molecule has 0 radical (unpaired) electrons. The number of hydrogen-bond acceptors (Lipinski definition) is 4. The van der Waals surface area contributed by atoms with E-state index < -0.39 is 0 Å². The average Bonchev–Trinajstić information content (AvgIpc) is 2.98. The predicted octanol–water partition coefficient (Wildman–Crippen LogP) is 5.42. The number of carbonyl (C=O) groups excluding carboxylic acids is 1. The summed E-state index contributed by atoms with van der Waals surface area (Å²) in [4.78, 5) is 12.5. The van der Waals surface area contributed by atoms with Crippen LogP contribution in [0.1, 0.15) is 52.5 Å². The van der Waals surface area contributed by atoms with Crippen molar-refractivity contribution < 1.29 is 4.79 Å². The minimum atomic E-state index is -0.203. The summed E-state index contributed by atoms with van der Waals surface area (Å²) in [6, 6.07) is 8.12. The number of aromatic nitrogens is 2. The molecule has 7 heteroatoms. The van der Waals surface area contributed by atoms with Gasteiger partial charge in [-0.1, -0.05) is 26.0 Å². The standard InChI is InChI=1S/C17H20BrN3OS2/c1-10(2)14-13(18)15(21-20-14)16(22)19-12-6-3-5-11(9-12)17-23-7-4-8-24-17/h3,5-6,9-10,17H,4,7-8H2,1-2H3,(H,19,22)(H,20,21). The first kappa shape index (κ1) is 17.9. The smallest absolute Gasteiger partial charge is 0.277 e. The lowest BCUT2D eigenvalue weighted by Crippen LogP contribution is -2.13. The highest BCUT2D eigenvalue weighted by Crippen LogP contribution is 2.44. The summed E-state index contributed by atoms with van der Waals surface area (Å²) in [5, 5.41) is 10.1. The van der Waals surface area contributed by atoms with Crippen molar-refractivity contribution in [1.29, 1.82) is 0 Å². The molecule has 2 N–H and O–H groups in total. The van der Waals surface area contributed by atoms with Gasteiger partial charge < -0.3 is 5.32 Å². The molecule has 1 aromatic carbocycles. The Balaban J connectivity index is 1.75. The average molecular weight is 426 g/mol. The number of benzene rings is 1. The maximum Gasteiger partial charge on any atom is 0.277 e. The minimum Gasteiger partial charge on any atom is -0.321 e. The fourth-order valence-electron chi connectivity index (χ4n) is 2.51. The molecule has 1 aliphatic heterocycles. The second-order valence-corrected chi connectivity index (χ2v) is 9.48. The SMILES string of the molecule is CC(C)c1[nH]nc(C(=O)Nc2cccc(C3SCCCS3)c2)c1Br. The monoisotopic (exact) mass is 425 g/mol. The summed E-state index contributed by atoms with van der Waals surface area (Å²) in [5.74, 6) is 2.47. The van der Waals surface area contributed by atoms with Gasteiger partial charge in [-0.15, -0.1) is 23.5 Å². The first-order valence-corrected chi connectivity index (χ1v) is 10.8. The van der Waals surface area contributed by atoms with Crippen molar-refractivity contribution in [2.24, 2.45) is 0 Å². The number of thioether (sulfide) groups is 2. The third kappa shape index (κ3) is 4.00. The minimum absolute atomic E-state index is 0.203. The van der Waals surface area contributed by atoms with E-state index in [-0.39, 0.29) is 11.8 Å². The molecule has 0 saturated carbocycles. The second kappa shape index (κ2) is 7.97. The van der Waals surface area contributed by atoms with Crippen molar-refractivity contribution >= 4 is 51.0 Å². The molecule has 1 aliphatic rings. The molecular weight excluding hydrogens is 406 g/mol. The molecule has 0 aliphatic carbocycles. The molecular formula is C17H20BrN3OS2. The number of nitrogens with one attached hydrogen (secondary N) is 2. The van der Waals surface area contributed by atoms with Crippen LogP contribution in [-0.4, -0.2) is 27.6 Å². The first-order valence-electron chi connectivity index (χ1n) is 7.94. The van der Waals surface area contributed by atoms with Crippen LogP contribution < -0.4 is 5.32 Å². The largest absolute Gasteiger partial charge is 0.321 e. The summed E-state index contributed by atoms with van der Waals surface area (Å²) in [5.41, 5.74) is 3.39. The van der Waals surface area contributed by atoms with Crippen molar-refractivity contribution in [1.82, 2.24) is 10.2 Å². The Bertz CT molecular complexity index is 726. The van der Waals surface area contributed by atoms with Gasteiger partial charge in [-0.3, -0.25) is 9.89 Å². The van der Waals surface area contributed by atoms with E-state index in [1.807, 2.05) is 35.7 Å². The number of carbonyl (C=O) groups is 1. The highest BCUT2D eigenvalue weighted by Gasteiger charge is 2.20. The van der Waals surface area contributed by atoms with Crippen molar-refractivity contribution in [3.63, 3.8) is 0 Å². The fraction of sp³-hybridized carbons (Fsp3) is 0.412. The lowest BCUT2D eigenvalue weighted by atomic mass is 10.1.